The lowest BCUT2D eigenvalue weighted by Gasteiger charge is -2.33. The van der Waals surface area contributed by atoms with Crippen LogP contribution < -0.4 is 9.47 Å². The molecule has 0 bridgehead atoms. The summed E-state index contributed by atoms with van der Waals surface area (Å²) in [5.41, 5.74) is -0.323. The van der Waals surface area contributed by atoms with Crippen molar-refractivity contribution in [1.82, 2.24) is 0 Å². The summed E-state index contributed by atoms with van der Waals surface area (Å²) < 4.78 is 240. The van der Waals surface area contributed by atoms with Crippen molar-refractivity contribution in [3.8, 4) is 11.5 Å². The molecule has 248 valence electrons. The molecule has 2 aromatic carbocycles. The molecule has 0 saturated carbocycles. The molecule has 22 heteroatoms. The predicted molar refractivity (Wildman–Crippen MR) is 110 cm³/mol. The van der Waals surface area contributed by atoms with Gasteiger partial charge in [0.05, 0.1) is 11.4 Å². The number of nitrogens with zero attached hydrogens (tertiary/aromatic N) is 2. The molecule has 2 rings (SSSR count). The molecule has 4 nitrogen and oxygen atoms in total. The van der Waals surface area contributed by atoms with Crippen LogP contribution in [0.25, 0.3) is 0 Å². The second-order valence-electron chi connectivity index (χ2n) is 8.47. The van der Waals surface area contributed by atoms with E-state index < -0.39 is 72.6 Å². The first kappa shape index (κ1) is 36.6. The molecule has 0 aliphatic heterocycles. The summed E-state index contributed by atoms with van der Waals surface area (Å²) in [7, 11) is 0. The lowest BCUT2D eigenvalue weighted by molar-refractivity contribution is -0.398. The van der Waals surface area contributed by atoms with Crippen LogP contribution in [0.5, 0.6) is 11.5 Å². The third kappa shape index (κ3) is 7.02. The lowest BCUT2D eigenvalue weighted by atomic mass is 10.0. The Labute approximate surface area is 232 Å². The van der Waals surface area contributed by atoms with Gasteiger partial charge in [-0.1, -0.05) is 0 Å². The second-order valence-corrected chi connectivity index (χ2v) is 8.47. The lowest BCUT2D eigenvalue weighted by Crippen LogP contribution is -2.62. The molecule has 0 unspecified atom stereocenters. The van der Waals surface area contributed by atoms with Gasteiger partial charge in [-0.25, -0.2) is 0 Å². The Balaban J connectivity index is 2.02. The molecule has 0 aliphatic rings. The van der Waals surface area contributed by atoms with E-state index in [2.05, 4.69) is 19.7 Å². The quantitative estimate of drug-likeness (QED) is 0.166. The summed E-state index contributed by atoms with van der Waals surface area (Å²) in [6.45, 7) is -5.20. The third-order valence-corrected chi connectivity index (χ3v) is 5.21. The molecule has 0 saturated heterocycles. The standard InChI is InChI=1S/C22H12F18N2O2/c23-15(24,17(27,28)19(31,32)21(35,36)37)9-43-13-5-1-11(2-6-13)41-42-12-3-7-14(8-4-12)44-10-16(25,26)18(29,30)20(33,34)22(38,39)40/h1-8H,9-10H2/b42-41+. The first-order chi connectivity index (χ1) is 19.6. The molecule has 0 amide bonds. The zero-order chi connectivity index (χ0) is 34.2. The summed E-state index contributed by atoms with van der Waals surface area (Å²) in [6, 6.07) is 6.54. The Hall–Kier alpha value is -3.62. The van der Waals surface area contributed by atoms with Gasteiger partial charge in [0, 0.05) is 0 Å². The number of hydrogen-bond acceptors (Lipinski definition) is 4. The van der Waals surface area contributed by atoms with Crippen LogP contribution in [0.15, 0.2) is 58.8 Å². The summed E-state index contributed by atoms with van der Waals surface area (Å²) in [6.07, 6.45) is -14.0. The van der Waals surface area contributed by atoms with E-state index in [-0.39, 0.29) is 11.4 Å². The molecule has 0 spiro atoms. The minimum atomic E-state index is -7.10. The highest BCUT2D eigenvalue weighted by Crippen LogP contribution is 2.54. The van der Waals surface area contributed by atoms with Crippen molar-refractivity contribution in [3.63, 3.8) is 0 Å². The molecule has 0 atom stereocenters. The van der Waals surface area contributed by atoms with Crippen LogP contribution in [-0.4, -0.2) is 61.1 Å². The fourth-order valence-electron chi connectivity index (χ4n) is 2.68. The summed E-state index contributed by atoms with van der Waals surface area (Å²) in [5, 5.41) is 7.10. The first-order valence-electron chi connectivity index (χ1n) is 10.9. The van der Waals surface area contributed by atoms with Crippen LogP contribution in [0.3, 0.4) is 0 Å². The largest absolute Gasteiger partial charge is 0.487 e. The minimum Gasteiger partial charge on any atom is -0.487 e. The number of rotatable bonds is 12. The number of azo groups is 1. The maximum absolute atomic E-state index is 13.5. The Morgan fingerprint density at radius 3 is 0.864 bits per heavy atom. The maximum atomic E-state index is 13.5. The van der Waals surface area contributed by atoms with Crippen LogP contribution in [0.1, 0.15) is 0 Å². The summed E-state index contributed by atoms with van der Waals surface area (Å²) in [4.78, 5) is 0. The number of ether oxygens (including phenoxy) is 2. The minimum absolute atomic E-state index is 0.161. The Kier molecular flexibility index (Phi) is 9.73. The van der Waals surface area contributed by atoms with E-state index in [1.54, 1.807) is 0 Å². The van der Waals surface area contributed by atoms with Gasteiger partial charge in [0.15, 0.2) is 13.2 Å². The Morgan fingerprint density at radius 2 is 0.636 bits per heavy atom. The van der Waals surface area contributed by atoms with Crippen LogP contribution >= 0.6 is 0 Å². The van der Waals surface area contributed by atoms with Gasteiger partial charge in [-0.05, 0) is 48.5 Å². The van der Waals surface area contributed by atoms with Crippen LogP contribution in [0.2, 0.25) is 0 Å². The van der Waals surface area contributed by atoms with E-state index in [9.17, 15) is 79.0 Å². The summed E-state index contributed by atoms with van der Waals surface area (Å²) >= 11 is 0. The molecule has 0 N–H and O–H groups in total. The average molecular weight is 678 g/mol. The van der Waals surface area contributed by atoms with Crippen LogP contribution in [0.4, 0.5) is 90.4 Å². The number of hydrogen-bond donors (Lipinski definition) is 0. The normalized spacial score (nSPS) is 14.7. The van der Waals surface area contributed by atoms with Gasteiger partial charge >= 0.3 is 47.9 Å². The monoisotopic (exact) mass is 678 g/mol. The van der Waals surface area contributed by atoms with Gasteiger partial charge in [0.2, 0.25) is 0 Å². The Morgan fingerprint density at radius 1 is 0.386 bits per heavy atom. The summed E-state index contributed by atoms with van der Waals surface area (Å²) in [5.74, 6) is -41.4. The number of halogens is 18. The van der Waals surface area contributed by atoms with Gasteiger partial charge in [0.25, 0.3) is 0 Å². The zero-order valence-electron chi connectivity index (χ0n) is 20.5. The second kappa shape index (κ2) is 11.7. The smallest absolute Gasteiger partial charge is 0.460 e. The van der Waals surface area contributed by atoms with Crippen molar-refractivity contribution in [2.75, 3.05) is 13.2 Å². The first-order valence-corrected chi connectivity index (χ1v) is 10.9. The van der Waals surface area contributed by atoms with Crippen molar-refractivity contribution in [2.24, 2.45) is 10.2 Å². The van der Waals surface area contributed by atoms with Crippen molar-refractivity contribution >= 4 is 11.4 Å². The van der Waals surface area contributed by atoms with Crippen molar-refractivity contribution in [1.29, 1.82) is 0 Å². The molecule has 0 radical (unpaired) electrons. The van der Waals surface area contributed by atoms with Crippen molar-refractivity contribution in [2.45, 2.75) is 47.9 Å². The zero-order valence-corrected chi connectivity index (χ0v) is 20.5. The fraction of sp³-hybridized carbons (Fsp3) is 0.455. The highest BCUT2D eigenvalue weighted by molar-refractivity contribution is 5.44. The van der Waals surface area contributed by atoms with Gasteiger partial charge in [0.1, 0.15) is 11.5 Å². The molecular weight excluding hydrogens is 666 g/mol. The van der Waals surface area contributed by atoms with Crippen molar-refractivity contribution in [3.05, 3.63) is 48.5 Å². The topological polar surface area (TPSA) is 43.2 Å². The van der Waals surface area contributed by atoms with Gasteiger partial charge in [-0.2, -0.15) is 89.3 Å². The van der Waals surface area contributed by atoms with Gasteiger partial charge < -0.3 is 9.47 Å². The molecule has 44 heavy (non-hydrogen) atoms. The van der Waals surface area contributed by atoms with Crippen molar-refractivity contribution < 1.29 is 88.5 Å². The highest BCUT2D eigenvalue weighted by Gasteiger charge is 2.83. The van der Waals surface area contributed by atoms with E-state index in [0.29, 0.717) is 0 Å². The Bertz CT molecular complexity index is 1190. The van der Waals surface area contributed by atoms with E-state index >= 15 is 0 Å². The SMILES string of the molecule is FC(F)(F)C(F)(F)C(F)(F)C(F)(F)COc1ccc(/N=N/c2ccc(OCC(F)(F)C(F)(F)C(F)(F)C(F)(F)F)cc2)cc1. The molecule has 2 aromatic rings. The third-order valence-electron chi connectivity index (χ3n) is 5.21. The van der Waals surface area contributed by atoms with E-state index in [1.807, 2.05) is 0 Å². The van der Waals surface area contributed by atoms with Gasteiger partial charge in [-0.15, -0.1) is 0 Å². The highest BCUT2D eigenvalue weighted by atomic mass is 19.4. The molecule has 0 aromatic heterocycles. The van der Waals surface area contributed by atoms with Crippen LogP contribution in [0, 0.1) is 0 Å². The predicted octanol–water partition coefficient (Wildman–Crippen LogP) is 9.80. The van der Waals surface area contributed by atoms with Crippen LogP contribution in [-0.2, 0) is 0 Å². The van der Waals surface area contributed by atoms with Gasteiger partial charge in [-0.3, -0.25) is 0 Å². The number of benzene rings is 2. The van der Waals surface area contributed by atoms with E-state index in [4.69, 9.17) is 0 Å². The molecule has 0 fully saturated rings. The average Bonchev–Trinajstić information content (AvgIpc) is 2.89. The molecular formula is C22H12F18N2O2. The fourth-order valence-corrected chi connectivity index (χ4v) is 2.68. The van der Waals surface area contributed by atoms with E-state index in [1.165, 1.54) is 0 Å². The maximum Gasteiger partial charge on any atom is 0.460 e. The molecule has 0 heterocycles. The number of alkyl halides is 18. The molecule has 0 aliphatic carbocycles. The van der Waals surface area contributed by atoms with E-state index in [0.717, 1.165) is 48.5 Å².